The van der Waals surface area contributed by atoms with Gasteiger partial charge >= 0.3 is 5.97 Å². The van der Waals surface area contributed by atoms with E-state index >= 15 is 0 Å². The molecule has 1 aromatic carbocycles. The van der Waals surface area contributed by atoms with Crippen molar-refractivity contribution in [2.24, 2.45) is 0 Å². The lowest BCUT2D eigenvalue weighted by Gasteiger charge is -2.07. The van der Waals surface area contributed by atoms with Gasteiger partial charge in [-0.15, -0.1) is 0 Å². The first-order chi connectivity index (χ1) is 9.88. The van der Waals surface area contributed by atoms with E-state index in [1.54, 1.807) is 0 Å². The molecule has 1 heterocycles. The van der Waals surface area contributed by atoms with Crippen molar-refractivity contribution in [3.05, 3.63) is 57.5 Å². The zero-order valence-electron chi connectivity index (χ0n) is 10.7. The van der Waals surface area contributed by atoms with Gasteiger partial charge in [0.15, 0.2) is 11.6 Å². The highest BCUT2D eigenvalue weighted by Crippen LogP contribution is 2.29. The predicted octanol–water partition coefficient (Wildman–Crippen LogP) is 2.93. The molecule has 0 amide bonds. The van der Waals surface area contributed by atoms with Gasteiger partial charge in [-0.2, -0.15) is 0 Å². The lowest BCUT2D eigenvalue weighted by atomic mass is 10.2. The Morgan fingerprint density at radius 1 is 1.43 bits per heavy atom. The second-order valence-corrected chi connectivity index (χ2v) is 4.12. The molecule has 0 aliphatic heterocycles. The van der Waals surface area contributed by atoms with E-state index in [0.29, 0.717) is 0 Å². The number of nitro groups is 1. The van der Waals surface area contributed by atoms with Gasteiger partial charge in [0.1, 0.15) is 0 Å². The zero-order valence-corrected chi connectivity index (χ0v) is 10.7. The van der Waals surface area contributed by atoms with E-state index in [1.807, 2.05) is 0 Å². The fourth-order valence-corrected chi connectivity index (χ4v) is 1.63. The number of hydrogen-bond acceptors (Lipinski definition) is 5. The van der Waals surface area contributed by atoms with Gasteiger partial charge in [-0.1, -0.05) is 0 Å². The third-order valence-electron chi connectivity index (χ3n) is 2.64. The van der Waals surface area contributed by atoms with E-state index in [-0.39, 0.29) is 28.4 Å². The number of nitro benzene ring substituents is 1. The minimum absolute atomic E-state index is 0.0703. The smallest absolute Gasteiger partial charge is 0.335 e. The summed E-state index contributed by atoms with van der Waals surface area (Å²) in [6, 6.07) is 4.28. The summed E-state index contributed by atoms with van der Waals surface area (Å²) in [7, 11) is 0. The number of hydrogen-bond donors (Lipinski definition) is 1. The largest absolute Gasteiger partial charge is 0.478 e. The Morgan fingerprint density at radius 3 is 2.76 bits per heavy atom. The first kappa shape index (κ1) is 14.4. The van der Waals surface area contributed by atoms with E-state index < -0.39 is 16.7 Å². The van der Waals surface area contributed by atoms with Crippen molar-refractivity contribution in [3.8, 4) is 11.6 Å². The van der Waals surface area contributed by atoms with Crippen molar-refractivity contribution < 1.29 is 24.0 Å². The maximum Gasteiger partial charge on any atom is 0.335 e. The van der Waals surface area contributed by atoms with Gasteiger partial charge in [-0.05, 0) is 19.1 Å². The number of aryl methyl sites for hydroxylation is 1. The van der Waals surface area contributed by atoms with E-state index in [2.05, 4.69) is 4.98 Å². The molecule has 0 aliphatic carbocycles. The Kier molecular flexibility index (Phi) is 3.79. The van der Waals surface area contributed by atoms with Gasteiger partial charge in [0.25, 0.3) is 5.69 Å². The molecule has 0 atom stereocenters. The fourth-order valence-electron chi connectivity index (χ4n) is 1.63. The summed E-state index contributed by atoms with van der Waals surface area (Å²) in [5.74, 6) is -2.51. The highest BCUT2D eigenvalue weighted by molar-refractivity contribution is 5.87. The van der Waals surface area contributed by atoms with Gasteiger partial charge in [0, 0.05) is 17.8 Å². The summed E-state index contributed by atoms with van der Waals surface area (Å²) >= 11 is 0. The van der Waals surface area contributed by atoms with E-state index in [0.717, 1.165) is 18.2 Å². The van der Waals surface area contributed by atoms with Crippen molar-refractivity contribution in [3.63, 3.8) is 0 Å². The number of halogens is 1. The van der Waals surface area contributed by atoms with Crippen molar-refractivity contribution in [1.29, 1.82) is 0 Å². The predicted molar refractivity (Wildman–Crippen MR) is 69.1 cm³/mol. The molecule has 2 aromatic rings. The Bertz CT molecular complexity index is 732. The van der Waals surface area contributed by atoms with Gasteiger partial charge in [0.05, 0.1) is 16.6 Å². The molecular formula is C13H9FN2O5. The number of carboxylic acid groups (broad SMARTS) is 1. The van der Waals surface area contributed by atoms with Crippen LogP contribution in [0.15, 0.2) is 30.5 Å². The average Bonchev–Trinajstić information content (AvgIpc) is 2.42. The molecule has 2 rings (SSSR count). The van der Waals surface area contributed by atoms with Crippen LogP contribution in [0.1, 0.15) is 15.9 Å². The SMILES string of the molecule is Cc1cc(Oc2cc(C(=O)O)ccn2)c(F)cc1[N+](=O)[O-]. The van der Waals surface area contributed by atoms with Crippen LogP contribution in [0.5, 0.6) is 11.6 Å². The van der Waals surface area contributed by atoms with Crippen LogP contribution in [0.25, 0.3) is 0 Å². The molecule has 7 nitrogen and oxygen atoms in total. The third-order valence-corrected chi connectivity index (χ3v) is 2.64. The number of nitrogens with zero attached hydrogens (tertiary/aromatic N) is 2. The molecule has 0 spiro atoms. The second kappa shape index (κ2) is 5.53. The maximum atomic E-state index is 13.8. The Hall–Kier alpha value is -3.03. The highest BCUT2D eigenvalue weighted by atomic mass is 19.1. The van der Waals surface area contributed by atoms with Crippen LogP contribution >= 0.6 is 0 Å². The molecule has 21 heavy (non-hydrogen) atoms. The number of pyridine rings is 1. The summed E-state index contributed by atoms with van der Waals surface area (Å²) in [6.07, 6.45) is 1.20. The number of aromatic carboxylic acids is 1. The minimum Gasteiger partial charge on any atom is -0.478 e. The Labute approximate surface area is 117 Å². The highest BCUT2D eigenvalue weighted by Gasteiger charge is 2.17. The second-order valence-electron chi connectivity index (χ2n) is 4.12. The summed E-state index contributed by atoms with van der Waals surface area (Å²) in [5, 5.41) is 19.5. The van der Waals surface area contributed by atoms with Crippen molar-refractivity contribution in [2.75, 3.05) is 0 Å². The summed E-state index contributed by atoms with van der Waals surface area (Å²) in [5.41, 5.74) is -0.225. The number of ether oxygens (including phenoxy) is 1. The Morgan fingerprint density at radius 2 is 2.14 bits per heavy atom. The average molecular weight is 292 g/mol. The molecule has 0 fully saturated rings. The molecule has 0 radical (unpaired) electrons. The number of rotatable bonds is 4. The lowest BCUT2D eigenvalue weighted by molar-refractivity contribution is -0.385. The van der Waals surface area contributed by atoms with Crippen LogP contribution in [-0.4, -0.2) is 21.0 Å². The van der Waals surface area contributed by atoms with Crippen molar-refractivity contribution in [1.82, 2.24) is 4.98 Å². The van der Waals surface area contributed by atoms with Crippen LogP contribution in [0.3, 0.4) is 0 Å². The Balaban J connectivity index is 2.36. The summed E-state index contributed by atoms with van der Waals surface area (Å²) in [6.45, 7) is 1.44. The van der Waals surface area contributed by atoms with Gasteiger partial charge in [0.2, 0.25) is 5.88 Å². The normalized spacial score (nSPS) is 10.2. The molecular weight excluding hydrogens is 283 g/mol. The van der Waals surface area contributed by atoms with Crippen molar-refractivity contribution in [2.45, 2.75) is 6.92 Å². The zero-order chi connectivity index (χ0) is 15.6. The molecule has 0 saturated carbocycles. The first-order valence-corrected chi connectivity index (χ1v) is 5.70. The van der Waals surface area contributed by atoms with Crippen LogP contribution in [0, 0.1) is 22.9 Å². The van der Waals surface area contributed by atoms with Crippen LogP contribution < -0.4 is 4.74 Å². The van der Waals surface area contributed by atoms with Crippen LogP contribution in [0.2, 0.25) is 0 Å². The third kappa shape index (κ3) is 3.11. The quantitative estimate of drug-likeness (QED) is 0.686. The maximum absolute atomic E-state index is 13.8. The molecule has 0 saturated heterocycles. The molecule has 108 valence electrons. The van der Waals surface area contributed by atoms with E-state index in [9.17, 15) is 19.3 Å². The van der Waals surface area contributed by atoms with E-state index in [1.165, 1.54) is 19.2 Å². The monoisotopic (exact) mass is 292 g/mol. The molecule has 1 aromatic heterocycles. The molecule has 0 bridgehead atoms. The number of carbonyl (C=O) groups is 1. The number of carboxylic acids is 1. The van der Waals surface area contributed by atoms with Gasteiger partial charge in [-0.25, -0.2) is 14.2 Å². The fraction of sp³-hybridized carbons (Fsp3) is 0.0769. The molecule has 8 heteroatoms. The van der Waals surface area contributed by atoms with Gasteiger partial charge in [-0.3, -0.25) is 10.1 Å². The topological polar surface area (TPSA) is 103 Å². The van der Waals surface area contributed by atoms with Crippen LogP contribution in [-0.2, 0) is 0 Å². The summed E-state index contributed by atoms with van der Waals surface area (Å²) in [4.78, 5) is 24.6. The molecule has 0 unspecified atom stereocenters. The van der Waals surface area contributed by atoms with Crippen molar-refractivity contribution >= 4 is 11.7 Å². The molecule has 1 N–H and O–H groups in total. The summed E-state index contributed by atoms with van der Waals surface area (Å²) < 4.78 is 18.9. The van der Waals surface area contributed by atoms with E-state index in [4.69, 9.17) is 9.84 Å². The van der Waals surface area contributed by atoms with Gasteiger partial charge < -0.3 is 9.84 Å². The standard InChI is InChI=1S/C13H9FN2O5/c1-7-4-11(9(14)6-10(7)16(19)20)21-12-5-8(13(17)18)2-3-15-12/h2-6H,1H3,(H,17,18). The number of aromatic nitrogens is 1. The first-order valence-electron chi connectivity index (χ1n) is 5.70. The number of benzene rings is 1. The lowest BCUT2D eigenvalue weighted by Crippen LogP contribution is -1.99. The minimum atomic E-state index is -1.18. The van der Waals surface area contributed by atoms with Crippen LogP contribution in [0.4, 0.5) is 10.1 Å². The molecule has 0 aliphatic rings.